The Morgan fingerprint density at radius 3 is 2.77 bits per heavy atom. The van der Waals surface area contributed by atoms with Crippen LogP contribution in [0, 0.1) is 0 Å². The molecule has 6 nitrogen and oxygen atoms in total. The molecule has 1 heterocycles. The maximum atomic E-state index is 12.4. The Balaban J connectivity index is 1.34. The molecular weight excluding hydrogens is 408 g/mol. The molecule has 1 amide bonds. The number of hydrogen-bond donors (Lipinski definition) is 1. The number of nitrogens with one attached hydrogen (secondary N) is 1. The van der Waals surface area contributed by atoms with Crippen molar-refractivity contribution in [2.75, 3.05) is 5.75 Å². The van der Waals surface area contributed by atoms with Crippen molar-refractivity contribution in [1.29, 1.82) is 0 Å². The number of carbonyl (C=O) groups excluding carboxylic acids is 1. The third-order valence-corrected chi connectivity index (χ3v) is 7.06. The van der Waals surface area contributed by atoms with Gasteiger partial charge < -0.3 is 10.1 Å². The van der Waals surface area contributed by atoms with Crippen LogP contribution in [-0.4, -0.2) is 32.5 Å². The number of carbonyl (C=O) groups is 1. The van der Waals surface area contributed by atoms with E-state index in [4.69, 9.17) is 4.74 Å². The number of rotatable bonds is 9. The second-order valence-electron chi connectivity index (χ2n) is 8.42. The van der Waals surface area contributed by atoms with Gasteiger partial charge in [0, 0.05) is 12.6 Å². The van der Waals surface area contributed by atoms with Gasteiger partial charge in [0.1, 0.15) is 12.4 Å². The average Bonchev–Trinajstić information content (AvgIpc) is 3.18. The van der Waals surface area contributed by atoms with E-state index >= 15 is 0 Å². The molecule has 1 saturated carbocycles. The lowest BCUT2D eigenvalue weighted by atomic mass is 9.92. The molecule has 7 heteroatoms. The number of fused-ring (bicyclic) bond motifs is 1. The first kappa shape index (κ1) is 21.9. The molecule has 0 radical (unpaired) electrons. The number of nitrogens with zero attached hydrogens (tertiary/aromatic N) is 3. The molecule has 1 aromatic heterocycles. The summed E-state index contributed by atoms with van der Waals surface area (Å²) in [6, 6.07) is 6.72. The van der Waals surface area contributed by atoms with Crippen LogP contribution >= 0.6 is 11.8 Å². The second kappa shape index (κ2) is 10.8. The van der Waals surface area contributed by atoms with Crippen LogP contribution in [0.3, 0.4) is 0 Å². The van der Waals surface area contributed by atoms with E-state index in [0.717, 1.165) is 42.4 Å². The van der Waals surface area contributed by atoms with Crippen LogP contribution in [0.2, 0.25) is 0 Å². The van der Waals surface area contributed by atoms with Gasteiger partial charge in [0.15, 0.2) is 11.0 Å². The lowest BCUT2D eigenvalue weighted by Gasteiger charge is -2.22. The van der Waals surface area contributed by atoms with Crippen LogP contribution in [0.15, 0.2) is 36.0 Å². The third-order valence-electron chi connectivity index (χ3n) is 6.10. The van der Waals surface area contributed by atoms with Gasteiger partial charge in [0.2, 0.25) is 5.91 Å². The molecule has 0 spiro atoms. The van der Waals surface area contributed by atoms with E-state index in [2.05, 4.69) is 34.2 Å². The van der Waals surface area contributed by atoms with E-state index < -0.39 is 0 Å². The Morgan fingerprint density at radius 2 is 1.97 bits per heavy atom. The molecule has 1 aromatic carbocycles. The van der Waals surface area contributed by atoms with Crippen LogP contribution in [0.25, 0.3) is 0 Å². The summed E-state index contributed by atoms with van der Waals surface area (Å²) >= 11 is 1.42. The number of thioether (sulfide) groups is 1. The first-order chi connectivity index (χ1) is 15.2. The van der Waals surface area contributed by atoms with Crippen LogP contribution in [0.5, 0.6) is 5.75 Å². The summed E-state index contributed by atoms with van der Waals surface area (Å²) in [5.74, 6) is 2.02. The summed E-state index contributed by atoms with van der Waals surface area (Å²) in [5.41, 5.74) is 2.84. The number of amides is 1. The minimum Gasteiger partial charge on any atom is -0.486 e. The van der Waals surface area contributed by atoms with Crippen LogP contribution in [0.4, 0.5) is 0 Å². The molecule has 0 unspecified atom stereocenters. The van der Waals surface area contributed by atoms with E-state index in [1.807, 2.05) is 16.7 Å². The van der Waals surface area contributed by atoms with Crippen molar-refractivity contribution < 1.29 is 9.53 Å². The molecule has 0 atom stereocenters. The van der Waals surface area contributed by atoms with Crippen LogP contribution < -0.4 is 10.1 Å². The predicted octanol–water partition coefficient (Wildman–Crippen LogP) is 4.46. The van der Waals surface area contributed by atoms with Gasteiger partial charge in [0.25, 0.3) is 0 Å². The number of benzene rings is 1. The van der Waals surface area contributed by atoms with Gasteiger partial charge >= 0.3 is 0 Å². The first-order valence-corrected chi connectivity index (χ1v) is 12.4. The van der Waals surface area contributed by atoms with Crippen molar-refractivity contribution in [3.8, 4) is 5.75 Å². The smallest absolute Gasteiger partial charge is 0.230 e. The zero-order valence-corrected chi connectivity index (χ0v) is 19.0. The lowest BCUT2D eigenvalue weighted by molar-refractivity contribution is -0.119. The van der Waals surface area contributed by atoms with E-state index in [0.29, 0.717) is 24.9 Å². The Labute approximate surface area is 188 Å². The molecule has 0 bridgehead atoms. The largest absolute Gasteiger partial charge is 0.486 e. The van der Waals surface area contributed by atoms with Gasteiger partial charge in [-0.1, -0.05) is 43.2 Å². The molecule has 1 N–H and O–H groups in total. The van der Waals surface area contributed by atoms with Crippen LogP contribution in [0.1, 0.15) is 61.9 Å². The highest BCUT2D eigenvalue weighted by molar-refractivity contribution is 7.99. The standard InChI is InChI=1S/C24H32N4O2S/c1-2-14-28-22(16-30-21-13-12-18-8-6-7-9-19(18)15-21)26-27-24(28)31-17-23(29)25-20-10-4-3-5-11-20/h2,12-13,15,20H,1,3-11,14,16-17H2,(H,25,29). The summed E-state index contributed by atoms with van der Waals surface area (Å²) in [4.78, 5) is 12.4. The van der Waals surface area contributed by atoms with Crippen molar-refractivity contribution >= 4 is 17.7 Å². The molecule has 2 aliphatic rings. The third kappa shape index (κ3) is 5.91. The average molecular weight is 441 g/mol. The topological polar surface area (TPSA) is 69.0 Å². The number of allylic oxidation sites excluding steroid dienone is 1. The fourth-order valence-electron chi connectivity index (χ4n) is 4.44. The fourth-order valence-corrected chi connectivity index (χ4v) is 5.22. The van der Waals surface area contributed by atoms with Crippen molar-refractivity contribution in [2.45, 2.75) is 82.1 Å². The highest BCUT2D eigenvalue weighted by atomic mass is 32.2. The van der Waals surface area contributed by atoms with Crippen molar-refractivity contribution in [3.63, 3.8) is 0 Å². The number of aromatic nitrogens is 3. The first-order valence-electron chi connectivity index (χ1n) is 11.4. The Kier molecular flexibility index (Phi) is 7.67. The van der Waals surface area contributed by atoms with Crippen LogP contribution in [-0.2, 0) is 30.8 Å². The molecule has 31 heavy (non-hydrogen) atoms. The monoisotopic (exact) mass is 440 g/mol. The number of hydrogen-bond acceptors (Lipinski definition) is 5. The molecule has 0 saturated heterocycles. The van der Waals surface area contributed by atoms with Gasteiger partial charge in [-0.3, -0.25) is 9.36 Å². The van der Waals surface area contributed by atoms with Gasteiger partial charge in [-0.05, 0) is 61.8 Å². The maximum absolute atomic E-state index is 12.4. The molecule has 1 fully saturated rings. The summed E-state index contributed by atoms with van der Waals surface area (Å²) in [6.45, 7) is 4.78. The normalized spacial score (nSPS) is 16.5. The lowest BCUT2D eigenvalue weighted by Crippen LogP contribution is -2.37. The Hall–Kier alpha value is -2.28. The molecule has 166 valence electrons. The number of ether oxygens (including phenoxy) is 1. The van der Waals surface area contributed by atoms with E-state index in [9.17, 15) is 4.79 Å². The molecule has 2 aromatic rings. The van der Waals surface area contributed by atoms with Gasteiger partial charge in [-0.15, -0.1) is 16.8 Å². The van der Waals surface area contributed by atoms with Crippen molar-refractivity contribution in [3.05, 3.63) is 47.8 Å². The quantitative estimate of drug-likeness (QED) is 0.460. The molecule has 2 aliphatic carbocycles. The van der Waals surface area contributed by atoms with E-state index in [1.54, 1.807) is 0 Å². The SMILES string of the molecule is C=CCn1c(COc2ccc3c(c2)CCCC3)nnc1SCC(=O)NC1CCCCC1. The molecule has 4 rings (SSSR count). The zero-order valence-electron chi connectivity index (χ0n) is 18.1. The Bertz CT molecular complexity index is 905. The zero-order chi connectivity index (χ0) is 21.5. The predicted molar refractivity (Wildman–Crippen MR) is 123 cm³/mol. The van der Waals surface area contributed by atoms with E-state index in [-0.39, 0.29) is 5.91 Å². The highest BCUT2D eigenvalue weighted by Gasteiger charge is 2.18. The number of aryl methyl sites for hydroxylation is 2. The van der Waals surface area contributed by atoms with Crippen molar-refractivity contribution in [2.24, 2.45) is 0 Å². The summed E-state index contributed by atoms with van der Waals surface area (Å²) in [5, 5.41) is 12.5. The molecular formula is C24H32N4O2S. The summed E-state index contributed by atoms with van der Waals surface area (Å²) < 4.78 is 8.01. The van der Waals surface area contributed by atoms with Gasteiger partial charge in [-0.2, -0.15) is 0 Å². The fraction of sp³-hybridized carbons (Fsp3) is 0.542. The van der Waals surface area contributed by atoms with E-state index in [1.165, 1.54) is 55.0 Å². The minimum absolute atomic E-state index is 0.0666. The second-order valence-corrected chi connectivity index (χ2v) is 9.36. The minimum atomic E-state index is 0.0666. The summed E-state index contributed by atoms with van der Waals surface area (Å²) in [7, 11) is 0. The summed E-state index contributed by atoms with van der Waals surface area (Å²) in [6.07, 6.45) is 12.5. The molecule has 0 aliphatic heterocycles. The Morgan fingerprint density at radius 1 is 1.16 bits per heavy atom. The highest BCUT2D eigenvalue weighted by Crippen LogP contribution is 2.26. The maximum Gasteiger partial charge on any atom is 0.230 e. The van der Waals surface area contributed by atoms with Gasteiger partial charge in [-0.25, -0.2) is 0 Å². The van der Waals surface area contributed by atoms with Gasteiger partial charge in [0.05, 0.1) is 5.75 Å². The van der Waals surface area contributed by atoms with Crippen molar-refractivity contribution in [1.82, 2.24) is 20.1 Å².